The first kappa shape index (κ1) is 25.1. The van der Waals surface area contributed by atoms with Gasteiger partial charge in [-0.1, -0.05) is 0 Å². The zero-order valence-corrected chi connectivity index (χ0v) is 20.5. The molecule has 1 aliphatic rings. The van der Waals surface area contributed by atoms with Crippen LogP contribution in [0.5, 0.6) is 0 Å². The first-order valence-corrected chi connectivity index (χ1v) is 12.0. The number of pyridine rings is 2. The first-order valence-electron chi connectivity index (χ1n) is 12.0. The van der Waals surface area contributed by atoms with Gasteiger partial charge in [-0.2, -0.15) is 15.0 Å². The van der Waals surface area contributed by atoms with E-state index in [1.807, 2.05) is 13.8 Å². The summed E-state index contributed by atoms with van der Waals surface area (Å²) in [5.41, 5.74) is 2.06. The molecule has 1 aliphatic carbocycles. The Morgan fingerprint density at radius 3 is 2.39 bits per heavy atom. The monoisotopic (exact) mass is 490 g/mol. The van der Waals surface area contributed by atoms with Gasteiger partial charge in [-0.15, -0.1) is 0 Å². The molecule has 11 heteroatoms. The lowest BCUT2D eigenvalue weighted by molar-refractivity contribution is -0.129. The molecule has 11 nitrogen and oxygen atoms in total. The van der Waals surface area contributed by atoms with Crippen LogP contribution in [0.3, 0.4) is 0 Å². The molecule has 0 aliphatic heterocycles. The van der Waals surface area contributed by atoms with Crippen molar-refractivity contribution in [1.29, 1.82) is 5.26 Å². The Balaban J connectivity index is 1.50. The molecule has 188 valence electrons. The SMILES string of the molecule is CC(C)Nc1cc(-n2ncc3cc(C#N)cnc32)ncc1C(=O)NC1CCC(NC(=O)[C@@H](C)O)CC1. The lowest BCUT2D eigenvalue weighted by atomic mass is 9.91. The number of hydrogen-bond acceptors (Lipinski definition) is 8. The van der Waals surface area contributed by atoms with E-state index in [0.29, 0.717) is 28.3 Å². The Bertz CT molecular complexity index is 1300. The van der Waals surface area contributed by atoms with Crippen LogP contribution in [0.2, 0.25) is 0 Å². The predicted molar refractivity (Wildman–Crippen MR) is 133 cm³/mol. The summed E-state index contributed by atoms with van der Waals surface area (Å²) in [6.07, 6.45) is 6.52. The molecular formula is C25H30N8O3. The summed E-state index contributed by atoms with van der Waals surface area (Å²) in [6.45, 7) is 5.41. The van der Waals surface area contributed by atoms with Gasteiger partial charge in [0, 0.05) is 42.0 Å². The number of carbonyl (C=O) groups excluding carboxylic acids is 2. The van der Waals surface area contributed by atoms with Gasteiger partial charge < -0.3 is 21.1 Å². The van der Waals surface area contributed by atoms with Crippen LogP contribution in [-0.4, -0.2) is 60.9 Å². The third-order valence-electron chi connectivity index (χ3n) is 6.12. The molecule has 3 aromatic heterocycles. The molecule has 0 unspecified atom stereocenters. The summed E-state index contributed by atoms with van der Waals surface area (Å²) in [5.74, 6) is -0.101. The summed E-state index contributed by atoms with van der Waals surface area (Å²) < 4.78 is 1.58. The zero-order chi connectivity index (χ0) is 25.8. The largest absolute Gasteiger partial charge is 0.384 e. The van der Waals surface area contributed by atoms with Crippen molar-refractivity contribution in [3.63, 3.8) is 0 Å². The summed E-state index contributed by atoms with van der Waals surface area (Å²) >= 11 is 0. The van der Waals surface area contributed by atoms with Crippen molar-refractivity contribution in [2.75, 3.05) is 5.32 Å². The van der Waals surface area contributed by atoms with E-state index in [1.54, 1.807) is 23.0 Å². The Morgan fingerprint density at radius 2 is 1.75 bits per heavy atom. The Labute approximate surface area is 208 Å². The van der Waals surface area contributed by atoms with E-state index < -0.39 is 6.10 Å². The van der Waals surface area contributed by atoms with Crippen molar-refractivity contribution >= 4 is 28.5 Å². The van der Waals surface area contributed by atoms with Crippen LogP contribution < -0.4 is 16.0 Å². The molecule has 4 N–H and O–H groups in total. The Hall–Kier alpha value is -4.04. The topological polar surface area (TPSA) is 158 Å². The van der Waals surface area contributed by atoms with Gasteiger partial charge in [0.1, 0.15) is 12.2 Å². The van der Waals surface area contributed by atoms with Crippen molar-refractivity contribution in [3.05, 3.63) is 41.9 Å². The maximum atomic E-state index is 13.2. The summed E-state index contributed by atoms with van der Waals surface area (Å²) in [4.78, 5) is 33.7. The predicted octanol–water partition coefficient (Wildman–Crippen LogP) is 2.05. The molecule has 1 saturated carbocycles. The van der Waals surface area contributed by atoms with E-state index >= 15 is 0 Å². The quantitative estimate of drug-likeness (QED) is 0.392. The first-order chi connectivity index (χ1) is 17.2. The number of hydrogen-bond donors (Lipinski definition) is 4. The van der Waals surface area contributed by atoms with Crippen LogP contribution in [0.15, 0.2) is 30.7 Å². The van der Waals surface area contributed by atoms with Gasteiger partial charge >= 0.3 is 0 Å². The minimum absolute atomic E-state index is 0.00103. The van der Waals surface area contributed by atoms with Crippen LogP contribution in [0.1, 0.15) is 62.4 Å². The second kappa shape index (κ2) is 10.7. The number of fused-ring (bicyclic) bond motifs is 1. The molecule has 1 fully saturated rings. The van der Waals surface area contributed by atoms with Crippen molar-refractivity contribution in [2.45, 2.75) is 70.7 Å². The van der Waals surface area contributed by atoms with Crippen molar-refractivity contribution in [2.24, 2.45) is 0 Å². The highest BCUT2D eigenvalue weighted by Gasteiger charge is 2.26. The number of nitrogens with one attached hydrogen (secondary N) is 3. The van der Waals surface area contributed by atoms with E-state index in [1.165, 1.54) is 19.3 Å². The molecule has 2 amide bonds. The van der Waals surface area contributed by atoms with Gasteiger partial charge in [0.25, 0.3) is 5.91 Å². The lowest BCUT2D eigenvalue weighted by Crippen LogP contribution is -2.46. The Morgan fingerprint density at radius 1 is 1.06 bits per heavy atom. The molecule has 36 heavy (non-hydrogen) atoms. The molecular weight excluding hydrogens is 460 g/mol. The molecule has 0 spiro atoms. The molecule has 3 heterocycles. The molecule has 0 saturated heterocycles. The maximum absolute atomic E-state index is 13.2. The van der Waals surface area contributed by atoms with Crippen molar-refractivity contribution in [1.82, 2.24) is 30.4 Å². The molecule has 3 aromatic rings. The number of nitrogens with zero attached hydrogens (tertiary/aromatic N) is 5. The van der Waals surface area contributed by atoms with Gasteiger partial charge in [0.05, 0.1) is 23.0 Å². The number of anilines is 1. The number of rotatable bonds is 7. The highest BCUT2D eigenvalue weighted by molar-refractivity contribution is 5.99. The minimum Gasteiger partial charge on any atom is -0.384 e. The maximum Gasteiger partial charge on any atom is 0.255 e. The van der Waals surface area contributed by atoms with Gasteiger partial charge in [-0.3, -0.25) is 9.59 Å². The van der Waals surface area contributed by atoms with E-state index in [9.17, 15) is 14.7 Å². The average molecular weight is 491 g/mol. The fourth-order valence-electron chi connectivity index (χ4n) is 4.29. The fourth-order valence-corrected chi connectivity index (χ4v) is 4.29. The van der Waals surface area contributed by atoms with E-state index in [0.717, 1.165) is 31.1 Å². The number of nitriles is 1. The van der Waals surface area contributed by atoms with Crippen LogP contribution in [-0.2, 0) is 4.79 Å². The molecule has 0 aromatic carbocycles. The number of carbonyl (C=O) groups is 2. The second-order valence-electron chi connectivity index (χ2n) is 9.40. The number of amides is 2. The highest BCUT2D eigenvalue weighted by atomic mass is 16.3. The smallest absolute Gasteiger partial charge is 0.255 e. The molecule has 1 atom stereocenters. The third-order valence-corrected chi connectivity index (χ3v) is 6.12. The van der Waals surface area contributed by atoms with Crippen LogP contribution in [0.25, 0.3) is 16.9 Å². The van der Waals surface area contributed by atoms with E-state index in [2.05, 4.69) is 37.1 Å². The summed E-state index contributed by atoms with van der Waals surface area (Å²) in [6, 6.07) is 5.61. The third kappa shape index (κ3) is 5.60. The fraction of sp³-hybridized carbons (Fsp3) is 0.440. The Kier molecular flexibility index (Phi) is 7.45. The number of aromatic nitrogens is 4. The van der Waals surface area contributed by atoms with Crippen LogP contribution >= 0.6 is 0 Å². The van der Waals surface area contributed by atoms with Crippen molar-refractivity contribution in [3.8, 4) is 11.9 Å². The van der Waals surface area contributed by atoms with Crippen LogP contribution in [0, 0.1) is 11.3 Å². The molecule has 0 bridgehead atoms. The zero-order valence-electron chi connectivity index (χ0n) is 20.5. The number of aliphatic hydroxyl groups excluding tert-OH is 1. The van der Waals surface area contributed by atoms with Crippen LogP contribution in [0.4, 0.5) is 5.69 Å². The average Bonchev–Trinajstić information content (AvgIpc) is 3.27. The summed E-state index contributed by atoms with van der Waals surface area (Å²) in [7, 11) is 0. The molecule has 4 rings (SSSR count). The van der Waals surface area contributed by atoms with Gasteiger partial charge in [-0.05, 0) is 52.5 Å². The van der Waals surface area contributed by atoms with E-state index in [4.69, 9.17) is 5.26 Å². The van der Waals surface area contributed by atoms with Gasteiger partial charge in [-0.25, -0.2) is 9.97 Å². The normalized spacial score (nSPS) is 18.4. The second-order valence-corrected chi connectivity index (χ2v) is 9.40. The van der Waals surface area contributed by atoms with Gasteiger partial charge in [0.2, 0.25) is 5.91 Å². The van der Waals surface area contributed by atoms with E-state index in [-0.39, 0.29) is 29.9 Å². The lowest BCUT2D eigenvalue weighted by Gasteiger charge is -2.30. The highest BCUT2D eigenvalue weighted by Crippen LogP contribution is 2.24. The number of aliphatic hydroxyl groups is 1. The summed E-state index contributed by atoms with van der Waals surface area (Å²) in [5, 5.41) is 32.9. The van der Waals surface area contributed by atoms with Crippen molar-refractivity contribution < 1.29 is 14.7 Å². The standard InChI is InChI=1S/C25H30N8O3/c1-14(2)30-21-9-22(33-23-17(12-29-33)8-16(10-26)11-28-23)27-13-20(21)25(36)32-19-6-4-18(5-7-19)31-24(35)15(3)34/h8-9,11-15,18-19,34H,4-7H2,1-3H3,(H,27,30)(H,31,35)(H,32,36)/t15-,18?,19?/m1/s1. The minimum atomic E-state index is -1.03. The molecule has 0 radical (unpaired) electrons. The van der Waals surface area contributed by atoms with Gasteiger partial charge in [0.15, 0.2) is 11.5 Å².